The van der Waals surface area contributed by atoms with Gasteiger partial charge in [-0.2, -0.15) is 0 Å². The van der Waals surface area contributed by atoms with E-state index in [0.29, 0.717) is 25.6 Å². The summed E-state index contributed by atoms with van der Waals surface area (Å²) in [7, 11) is 0. The Morgan fingerprint density at radius 3 is 2.12 bits per heavy atom. The summed E-state index contributed by atoms with van der Waals surface area (Å²) in [6.07, 6.45) is 1.77. The van der Waals surface area contributed by atoms with E-state index in [-0.39, 0.29) is 0 Å². The molecule has 1 unspecified atom stereocenters. The van der Waals surface area contributed by atoms with E-state index in [4.69, 9.17) is 19.3 Å². The number of rotatable bonds is 12. The molecule has 4 nitrogen and oxygen atoms in total. The van der Waals surface area contributed by atoms with E-state index >= 15 is 0 Å². The molecule has 0 radical (unpaired) electrons. The predicted octanol–water partition coefficient (Wildman–Crippen LogP) is 2.20. The van der Waals surface area contributed by atoms with Crippen LogP contribution >= 0.6 is 0 Å². The number of ether oxygens (including phenoxy) is 3. The molecule has 0 aliphatic rings. The number of aliphatic hydroxyl groups excluding tert-OH is 1. The van der Waals surface area contributed by atoms with Crippen molar-refractivity contribution in [2.75, 3.05) is 33.0 Å². The quantitative estimate of drug-likeness (QED) is 0.425. The van der Waals surface area contributed by atoms with Crippen LogP contribution in [0.1, 0.15) is 40.0 Å². The van der Waals surface area contributed by atoms with Crippen molar-refractivity contribution in [3.05, 3.63) is 0 Å². The van der Waals surface area contributed by atoms with Gasteiger partial charge in [0.05, 0.1) is 6.61 Å². The zero-order valence-corrected chi connectivity index (χ0v) is 11.5. The van der Waals surface area contributed by atoms with Gasteiger partial charge in [0.1, 0.15) is 0 Å². The fraction of sp³-hybridized carbons (Fsp3) is 1.00. The van der Waals surface area contributed by atoms with Crippen molar-refractivity contribution >= 4 is 0 Å². The Balaban J connectivity index is 2.99. The van der Waals surface area contributed by atoms with Crippen LogP contribution in [0.25, 0.3) is 0 Å². The summed E-state index contributed by atoms with van der Waals surface area (Å²) in [4.78, 5) is 0. The number of hydrogen-bond donors (Lipinski definition) is 1. The van der Waals surface area contributed by atoms with Crippen LogP contribution in [0.5, 0.6) is 0 Å². The lowest BCUT2D eigenvalue weighted by Gasteiger charge is -2.09. The summed E-state index contributed by atoms with van der Waals surface area (Å²) in [5.41, 5.74) is 0. The maximum absolute atomic E-state index is 9.12. The van der Waals surface area contributed by atoms with Gasteiger partial charge in [0.2, 0.25) is 0 Å². The smallest absolute Gasteiger partial charge is 0.154 e. The molecule has 0 spiro atoms. The average Bonchev–Trinajstić information content (AvgIpc) is 2.30. The Hall–Kier alpha value is -0.160. The molecule has 0 amide bonds. The van der Waals surface area contributed by atoms with Crippen molar-refractivity contribution in [3.8, 4) is 0 Å². The summed E-state index contributed by atoms with van der Waals surface area (Å²) in [6.45, 7) is 9.72. The highest BCUT2D eigenvalue weighted by Crippen LogP contribution is 1.96. The third-order valence-electron chi connectivity index (χ3n) is 2.12. The van der Waals surface area contributed by atoms with Crippen molar-refractivity contribution in [1.82, 2.24) is 0 Å². The monoisotopic (exact) mass is 248 g/mol. The van der Waals surface area contributed by atoms with Gasteiger partial charge < -0.3 is 19.3 Å². The van der Waals surface area contributed by atoms with E-state index in [0.717, 1.165) is 32.7 Å². The van der Waals surface area contributed by atoms with Gasteiger partial charge in [-0.05, 0) is 25.2 Å². The fourth-order valence-electron chi connectivity index (χ4n) is 1.18. The van der Waals surface area contributed by atoms with E-state index in [2.05, 4.69) is 13.8 Å². The van der Waals surface area contributed by atoms with E-state index in [9.17, 15) is 0 Å². The molecule has 0 saturated heterocycles. The first kappa shape index (κ1) is 16.8. The number of aliphatic hydroxyl groups is 1. The minimum absolute atomic E-state index is 0.554. The van der Waals surface area contributed by atoms with E-state index in [1.165, 1.54) is 0 Å². The standard InChI is InChI=1S/C13H28O4/c1-4-13(14)17-10-6-8-15-7-5-9-16-11-12(2)3/h12-14H,4-11H2,1-3H3. The summed E-state index contributed by atoms with van der Waals surface area (Å²) >= 11 is 0. The van der Waals surface area contributed by atoms with Crippen LogP contribution in [0.3, 0.4) is 0 Å². The molecule has 0 aliphatic heterocycles. The molecule has 4 heteroatoms. The molecule has 0 aliphatic carbocycles. The Labute approximate surface area is 105 Å². The second-order valence-electron chi connectivity index (χ2n) is 4.52. The maximum Gasteiger partial charge on any atom is 0.154 e. The molecule has 104 valence electrons. The van der Waals surface area contributed by atoms with Gasteiger partial charge in [-0.3, -0.25) is 0 Å². The van der Waals surface area contributed by atoms with Crippen LogP contribution in [0, 0.1) is 5.92 Å². The molecule has 0 aromatic rings. The van der Waals surface area contributed by atoms with Crippen molar-refractivity contribution in [2.45, 2.75) is 46.3 Å². The molecule has 1 atom stereocenters. The zero-order chi connectivity index (χ0) is 12.9. The van der Waals surface area contributed by atoms with Gasteiger partial charge in [0.25, 0.3) is 0 Å². The highest BCUT2D eigenvalue weighted by Gasteiger charge is 1.99. The molecule has 0 bridgehead atoms. The van der Waals surface area contributed by atoms with Gasteiger partial charge in [-0.15, -0.1) is 0 Å². The first-order chi connectivity index (χ1) is 8.16. The molecular formula is C13H28O4. The molecule has 0 fully saturated rings. The van der Waals surface area contributed by atoms with Crippen molar-refractivity contribution in [2.24, 2.45) is 5.92 Å². The molecule has 0 aromatic carbocycles. The summed E-state index contributed by atoms with van der Waals surface area (Å²) in [5.74, 6) is 0.595. The first-order valence-corrected chi connectivity index (χ1v) is 6.62. The van der Waals surface area contributed by atoms with E-state index < -0.39 is 6.29 Å². The minimum Gasteiger partial charge on any atom is -0.381 e. The summed E-state index contributed by atoms with van der Waals surface area (Å²) < 4.78 is 16.0. The molecule has 17 heavy (non-hydrogen) atoms. The normalized spacial score (nSPS) is 13.2. The SMILES string of the molecule is CCC(O)OCCCOCCCOCC(C)C. The lowest BCUT2D eigenvalue weighted by Crippen LogP contribution is -2.12. The second-order valence-corrected chi connectivity index (χ2v) is 4.52. The molecule has 0 rings (SSSR count). The Bertz CT molecular complexity index is 150. The van der Waals surface area contributed by atoms with Gasteiger partial charge in [-0.25, -0.2) is 0 Å². The van der Waals surface area contributed by atoms with Gasteiger partial charge in [0, 0.05) is 26.4 Å². The van der Waals surface area contributed by atoms with E-state index in [1.54, 1.807) is 0 Å². The topological polar surface area (TPSA) is 47.9 Å². The predicted molar refractivity (Wildman–Crippen MR) is 68.0 cm³/mol. The highest BCUT2D eigenvalue weighted by atomic mass is 16.6. The Kier molecular flexibility index (Phi) is 12.2. The third-order valence-corrected chi connectivity index (χ3v) is 2.12. The van der Waals surface area contributed by atoms with Crippen molar-refractivity contribution < 1.29 is 19.3 Å². The molecule has 1 N–H and O–H groups in total. The lowest BCUT2D eigenvalue weighted by molar-refractivity contribution is -0.104. The first-order valence-electron chi connectivity index (χ1n) is 6.62. The Morgan fingerprint density at radius 1 is 0.941 bits per heavy atom. The van der Waals surface area contributed by atoms with Crippen LogP contribution < -0.4 is 0 Å². The average molecular weight is 248 g/mol. The Morgan fingerprint density at radius 2 is 1.53 bits per heavy atom. The summed E-state index contributed by atoms with van der Waals surface area (Å²) in [6, 6.07) is 0. The molecule has 0 saturated carbocycles. The van der Waals surface area contributed by atoms with Crippen molar-refractivity contribution in [3.63, 3.8) is 0 Å². The van der Waals surface area contributed by atoms with E-state index in [1.807, 2.05) is 6.92 Å². The molecule has 0 heterocycles. The van der Waals surface area contributed by atoms with Crippen LogP contribution in [0.2, 0.25) is 0 Å². The van der Waals surface area contributed by atoms with Crippen LogP contribution in [0.15, 0.2) is 0 Å². The molecular weight excluding hydrogens is 220 g/mol. The second kappa shape index (κ2) is 12.3. The summed E-state index contributed by atoms with van der Waals surface area (Å²) in [5, 5.41) is 9.12. The van der Waals surface area contributed by atoms with Crippen LogP contribution in [-0.2, 0) is 14.2 Å². The van der Waals surface area contributed by atoms with Gasteiger partial charge in [-0.1, -0.05) is 20.8 Å². The van der Waals surface area contributed by atoms with Crippen LogP contribution in [-0.4, -0.2) is 44.4 Å². The largest absolute Gasteiger partial charge is 0.381 e. The molecule has 0 aromatic heterocycles. The number of hydrogen-bond acceptors (Lipinski definition) is 4. The minimum atomic E-state index is -0.626. The lowest BCUT2D eigenvalue weighted by atomic mass is 10.2. The van der Waals surface area contributed by atoms with Gasteiger partial charge >= 0.3 is 0 Å². The zero-order valence-electron chi connectivity index (χ0n) is 11.5. The van der Waals surface area contributed by atoms with Crippen LogP contribution in [0.4, 0.5) is 0 Å². The third kappa shape index (κ3) is 13.8. The highest BCUT2D eigenvalue weighted by molar-refractivity contribution is 4.42. The maximum atomic E-state index is 9.12. The fourth-order valence-corrected chi connectivity index (χ4v) is 1.18. The van der Waals surface area contributed by atoms with Crippen molar-refractivity contribution in [1.29, 1.82) is 0 Å². The van der Waals surface area contributed by atoms with Gasteiger partial charge in [0.15, 0.2) is 6.29 Å².